The summed E-state index contributed by atoms with van der Waals surface area (Å²) < 4.78 is 0. The van der Waals surface area contributed by atoms with Crippen LogP contribution in [-0.2, 0) is 0 Å². The predicted molar refractivity (Wildman–Crippen MR) is 50.0 cm³/mol. The molecule has 0 bridgehead atoms. The number of nitrogens with two attached hydrogens (primary N) is 1. The predicted octanol–water partition coefficient (Wildman–Crippen LogP) is -0.419. The maximum Gasteiger partial charge on any atom is 0.0264 e. The number of rotatable bonds is 1. The maximum atomic E-state index is 5.74. The lowest BCUT2D eigenvalue weighted by molar-refractivity contribution is 0.107. The summed E-state index contributed by atoms with van der Waals surface area (Å²) in [6, 6.07) is 0.758. The number of nitrogens with zero attached hydrogens (tertiary/aromatic N) is 2. The van der Waals surface area contributed by atoms with Crippen LogP contribution in [0.3, 0.4) is 0 Å². The molecule has 0 aromatic rings. The van der Waals surface area contributed by atoms with E-state index in [1.54, 1.807) is 0 Å². The zero-order valence-electron chi connectivity index (χ0n) is 7.87. The molecule has 0 amide bonds. The molecule has 0 radical (unpaired) electrons. The van der Waals surface area contributed by atoms with Gasteiger partial charge in [-0.15, -0.1) is 0 Å². The number of hydrogen-bond donors (Lipinski definition) is 1. The van der Waals surface area contributed by atoms with E-state index in [1.165, 1.54) is 32.6 Å². The molecule has 70 valence electrons. The minimum Gasteiger partial charge on any atom is -0.330 e. The third-order valence-corrected chi connectivity index (χ3v) is 3.37. The summed E-state index contributed by atoms with van der Waals surface area (Å²) in [6.45, 7) is 5.85. The quantitative estimate of drug-likeness (QED) is 0.579. The SMILES string of the molecule is CN1CCN2CCC(CN)C2C1. The topological polar surface area (TPSA) is 32.5 Å². The molecule has 2 heterocycles. The second-order valence-electron chi connectivity index (χ2n) is 4.15. The van der Waals surface area contributed by atoms with Crippen LogP contribution in [0.25, 0.3) is 0 Å². The molecule has 0 aromatic carbocycles. The summed E-state index contributed by atoms with van der Waals surface area (Å²) in [5.41, 5.74) is 5.74. The van der Waals surface area contributed by atoms with Crippen LogP contribution < -0.4 is 5.73 Å². The first-order chi connectivity index (χ1) is 5.81. The molecule has 2 aliphatic rings. The molecule has 0 saturated carbocycles. The van der Waals surface area contributed by atoms with Crippen molar-refractivity contribution in [1.82, 2.24) is 9.80 Å². The standard InChI is InChI=1S/C9H19N3/c1-11-4-5-12-3-2-8(6-10)9(12)7-11/h8-9H,2-7,10H2,1H3. The molecule has 2 aliphatic heterocycles. The van der Waals surface area contributed by atoms with Crippen molar-refractivity contribution in [2.45, 2.75) is 12.5 Å². The zero-order chi connectivity index (χ0) is 8.55. The van der Waals surface area contributed by atoms with Crippen LogP contribution in [0.5, 0.6) is 0 Å². The molecule has 0 aromatic heterocycles. The number of fused-ring (bicyclic) bond motifs is 1. The van der Waals surface area contributed by atoms with Gasteiger partial charge in [0.1, 0.15) is 0 Å². The summed E-state index contributed by atoms with van der Waals surface area (Å²) in [5.74, 6) is 0.757. The van der Waals surface area contributed by atoms with Crippen LogP contribution in [0.4, 0.5) is 0 Å². The van der Waals surface area contributed by atoms with Gasteiger partial charge >= 0.3 is 0 Å². The van der Waals surface area contributed by atoms with Crippen LogP contribution in [0.1, 0.15) is 6.42 Å². The van der Waals surface area contributed by atoms with E-state index in [-0.39, 0.29) is 0 Å². The molecule has 2 rings (SSSR count). The van der Waals surface area contributed by atoms with Crippen molar-refractivity contribution in [2.75, 3.05) is 39.8 Å². The highest BCUT2D eigenvalue weighted by atomic mass is 15.3. The molecule has 12 heavy (non-hydrogen) atoms. The highest BCUT2D eigenvalue weighted by Crippen LogP contribution is 2.25. The van der Waals surface area contributed by atoms with Gasteiger partial charge in [0.2, 0.25) is 0 Å². The van der Waals surface area contributed by atoms with Gasteiger partial charge in [-0.05, 0) is 32.5 Å². The largest absolute Gasteiger partial charge is 0.330 e. The highest BCUT2D eigenvalue weighted by Gasteiger charge is 2.35. The number of likely N-dealkylation sites (N-methyl/N-ethyl adjacent to an activating group) is 1. The Morgan fingerprint density at radius 1 is 1.33 bits per heavy atom. The van der Waals surface area contributed by atoms with Crippen LogP contribution in [0, 0.1) is 5.92 Å². The van der Waals surface area contributed by atoms with Crippen molar-refractivity contribution >= 4 is 0 Å². The van der Waals surface area contributed by atoms with Crippen molar-refractivity contribution in [2.24, 2.45) is 11.7 Å². The Kier molecular flexibility index (Phi) is 2.35. The lowest BCUT2D eigenvalue weighted by atomic mass is 9.99. The highest BCUT2D eigenvalue weighted by molar-refractivity contribution is 4.92. The Morgan fingerprint density at radius 2 is 2.17 bits per heavy atom. The van der Waals surface area contributed by atoms with E-state index in [2.05, 4.69) is 16.8 Å². The second-order valence-corrected chi connectivity index (χ2v) is 4.15. The molecule has 0 spiro atoms. The fraction of sp³-hybridized carbons (Fsp3) is 1.00. The molecule has 2 N–H and O–H groups in total. The molecule has 3 heteroatoms. The summed E-state index contributed by atoms with van der Waals surface area (Å²) in [4.78, 5) is 5.03. The Bertz CT molecular complexity index is 154. The minimum absolute atomic E-state index is 0.757. The van der Waals surface area contributed by atoms with Crippen molar-refractivity contribution in [3.05, 3.63) is 0 Å². The monoisotopic (exact) mass is 169 g/mol. The Balaban J connectivity index is 2.00. The van der Waals surface area contributed by atoms with Gasteiger partial charge in [0.15, 0.2) is 0 Å². The maximum absolute atomic E-state index is 5.74. The van der Waals surface area contributed by atoms with Gasteiger partial charge in [-0.25, -0.2) is 0 Å². The summed E-state index contributed by atoms with van der Waals surface area (Å²) in [6.07, 6.45) is 1.31. The van der Waals surface area contributed by atoms with Crippen molar-refractivity contribution in [3.8, 4) is 0 Å². The molecule has 2 atom stereocenters. The summed E-state index contributed by atoms with van der Waals surface area (Å²) >= 11 is 0. The van der Waals surface area contributed by atoms with Gasteiger partial charge in [0.05, 0.1) is 0 Å². The van der Waals surface area contributed by atoms with Gasteiger partial charge in [-0.1, -0.05) is 0 Å². The average molecular weight is 169 g/mol. The van der Waals surface area contributed by atoms with E-state index in [1.807, 2.05) is 0 Å². The van der Waals surface area contributed by atoms with Crippen molar-refractivity contribution < 1.29 is 0 Å². The molecular formula is C9H19N3. The Morgan fingerprint density at radius 3 is 2.92 bits per heavy atom. The first-order valence-electron chi connectivity index (χ1n) is 4.94. The van der Waals surface area contributed by atoms with Gasteiger partial charge in [-0.2, -0.15) is 0 Å². The lowest BCUT2D eigenvalue weighted by Gasteiger charge is -2.37. The van der Waals surface area contributed by atoms with Gasteiger partial charge in [-0.3, -0.25) is 4.90 Å². The first-order valence-corrected chi connectivity index (χ1v) is 4.94. The van der Waals surface area contributed by atoms with Gasteiger partial charge in [0.25, 0.3) is 0 Å². The smallest absolute Gasteiger partial charge is 0.0264 e. The molecule has 2 fully saturated rings. The first kappa shape index (κ1) is 8.48. The summed E-state index contributed by atoms with van der Waals surface area (Å²) in [7, 11) is 2.21. The van der Waals surface area contributed by atoms with E-state index >= 15 is 0 Å². The van der Waals surface area contributed by atoms with Crippen LogP contribution >= 0.6 is 0 Å². The average Bonchev–Trinajstić information content (AvgIpc) is 2.46. The van der Waals surface area contributed by atoms with E-state index in [4.69, 9.17) is 5.73 Å². The van der Waals surface area contributed by atoms with Crippen LogP contribution in [-0.4, -0.2) is 55.6 Å². The summed E-state index contributed by atoms with van der Waals surface area (Å²) in [5, 5.41) is 0. The number of piperazine rings is 1. The van der Waals surface area contributed by atoms with E-state index in [9.17, 15) is 0 Å². The number of hydrogen-bond acceptors (Lipinski definition) is 3. The second kappa shape index (κ2) is 3.32. The third kappa shape index (κ3) is 1.37. The van der Waals surface area contributed by atoms with E-state index in [0.29, 0.717) is 0 Å². The normalized spacial score (nSPS) is 38.5. The van der Waals surface area contributed by atoms with Crippen molar-refractivity contribution in [3.63, 3.8) is 0 Å². The van der Waals surface area contributed by atoms with Crippen LogP contribution in [0.15, 0.2) is 0 Å². The minimum atomic E-state index is 0.757. The molecule has 0 aliphatic carbocycles. The molecule has 3 nitrogen and oxygen atoms in total. The van der Waals surface area contributed by atoms with Crippen LogP contribution in [0.2, 0.25) is 0 Å². The fourth-order valence-electron chi connectivity index (χ4n) is 2.51. The van der Waals surface area contributed by atoms with E-state index in [0.717, 1.165) is 18.5 Å². The van der Waals surface area contributed by atoms with Gasteiger partial charge in [0, 0.05) is 25.7 Å². The molecular weight excluding hydrogens is 150 g/mol. The van der Waals surface area contributed by atoms with Crippen molar-refractivity contribution in [1.29, 1.82) is 0 Å². The van der Waals surface area contributed by atoms with E-state index < -0.39 is 0 Å². The zero-order valence-corrected chi connectivity index (χ0v) is 7.87. The Labute approximate surface area is 74.5 Å². The molecule has 2 saturated heterocycles. The molecule has 2 unspecified atom stereocenters. The van der Waals surface area contributed by atoms with Gasteiger partial charge < -0.3 is 10.6 Å². The third-order valence-electron chi connectivity index (χ3n) is 3.37. The Hall–Kier alpha value is -0.120. The fourth-order valence-corrected chi connectivity index (χ4v) is 2.51. The lowest BCUT2D eigenvalue weighted by Crippen LogP contribution is -2.51.